The number of non-ortho nitro benzene ring substituents is 1. The maximum atomic E-state index is 12.4. The van der Waals surface area contributed by atoms with Gasteiger partial charge in [-0.25, -0.2) is 0 Å². The number of benzene rings is 1. The van der Waals surface area contributed by atoms with Crippen molar-refractivity contribution < 1.29 is 14.5 Å². The molecule has 0 spiro atoms. The van der Waals surface area contributed by atoms with Crippen LogP contribution in [-0.4, -0.2) is 41.3 Å². The number of carbonyl (C=O) groups excluding carboxylic acids is 2. The molecule has 0 radical (unpaired) electrons. The quantitative estimate of drug-likeness (QED) is 0.670. The number of rotatable bonds is 5. The summed E-state index contributed by atoms with van der Waals surface area (Å²) in [5.41, 5.74) is -0.00790. The molecular weight excluding hydrogens is 318 g/mol. The number of fused-ring (bicyclic) bond motifs is 1. The van der Waals surface area contributed by atoms with E-state index in [-0.39, 0.29) is 30.1 Å². The molecule has 120 valence electrons. The molecule has 1 fully saturated rings. The lowest BCUT2D eigenvalue weighted by atomic mass is 10.2. The summed E-state index contributed by atoms with van der Waals surface area (Å²) in [5, 5.41) is 14.3. The van der Waals surface area contributed by atoms with Crippen LogP contribution in [0.25, 0.3) is 10.1 Å². The van der Waals surface area contributed by atoms with Gasteiger partial charge in [-0.3, -0.25) is 19.7 Å². The molecule has 1 aromatic heterocycles. The molecule has 1 aromatic carbocycles. The molecule has 1 saturated carbocycles. The second kappa shape index (κ2) is 5.96. The fourth-order valence-corrected chi connectivity index (χ4v) is 3.26. The van der Waals surface area contributed by atoms with Gasteiger partial charge in [0.2, 0.25) is 5.91 Å². The summed E-state index contributed by atoms with van der Waals surface area (Å²) in [6.45, 7) is 0.00370. The first-order valence-electron chi connectivity index (χ1n) is 7.17. The van der Waals surface area contributed by atoms with Crippen LogP contribution < -0.4 is 5.32 Å². The van der Waals surface area contributed by atoms with Gasteiger partial charge < -0.3 is 10.2 Å². The van der Waals surface area contributed by atoms with Gasteiger partial charge in [0.1, 0.15) is 0 Å². The summed E-state index contributed by atoms with van der Waals surface area (Å²) in [5.74, 6) is -0.431. The van der Waals surface area contributed by atoms with E-state index in [0.29, 0.717) is 10.3 Å². The molecule has 0 unspecified atom stereocenters. The van der Waals surface area contributed by atoms with Gasteiger partial charge in [0, 0.05) is 35.3 Å². The Kier molecular flexibility index (Phi) is 3.99. The number of carbonyl (C=O) groups is 2. The van der Waals surface area contributed by atoms with Gasteiger partial charge in [0.15, 0.2) is 0 Å². The number of hydrogen-bond donors (Lipinski definition) is 1. The van der Waals surface area contributed by atoms with Crippen molar-refractivity contribution >= 4 is 38.9 Å². The normalized spacial score (nSPS) is 13.8. The van der Waals surface area contributed by atoms with Crippen molar-refractivity contribution in [1.29, 1.82) is 0 Å². The minimum absolute atomic E-state index is 0.00370. The number of amides is 2. The van der Waals surface area contributed by atoms with E-state index in [2.05, 4.69) is 5.32 Å². The average molecular weight is 333 g/mol. The summed E-state index contributed by atoms with van der Waals surface area (Å²) in [6.07, 6.45) is 2.00. The smallest absolute Gasteiger partial charge is 0.270 e. The van der Waals surface area contributed by atoms with Gasteiger partial charge in [0.25, 0.3) is 11.6 Å². The van der Waals surface area contributed by atoms with Crippen molar-refractivity contribution in [3.05, 3.63) is 39.3 Å². The first kappa shape index (κ1) is 15.4. The summed E-state index contributed by atoms with van der Waals surface area (Å²) < 4.78 is 0.801. The third kappa shape index (κ3) is 3.48. The zero-order chi connectivity index (χ0) is 16.6. The van der Waals surface area contributed by atoms with Crippen LogP contribution in [0.4, 0.5) is 5.69 Å². The molecule has 1 aliphatic rings. The molecule has 1 heterocycles. The van der Waals surface area contributed by atoms with Gasteiger partial charge >= 0.3 is 0 Å². The molecule has 0 saturated heterocycles. The van der Waals surface area contributed by atoms with Crippen LogP contribution in [0.2, 0.25) is 0 Å². The molecule has 8 heteroatoms. The van der Waals surface area contributed by atoms with Crippen molar-refractivity contribution in [3.8, 4) is 0 Å². The minimum Gasteiger partial charge on any atom is -0.352 e. The Morgan fingerprint density at radius 2 is 2.13 bits per heavy atom. The van der Waals surface area contributed by atoms with E-state index in [1.54, 1.807) is 19.2 Å². The zero-order valence-electron chi connectivity index (χ0n) is 12.4. The van der Waals surface area contributed by atoms with E-state index in [1.165, 1.54) is 28.4 Å². The topological polar surface area (TPSA) is 92.6 Å². The Morgan fingerprint density at radius 1 is 1.39 bits per heavy atom. The van der Waals surface area contributed by atoms with Crippen LogP contribution in [0, 0.1) is 10.1 Å². The first-order valence-corrected chi connectivity index (χ1v) is 7.98. The SMILES string of the molecule is CN(CC(=O)NC1CC1)C(=O)c1cc2cc([N+](=O)[O-])ccc2s1. The summed E-state index contributed by atoms with van der Waals surface area (Å²) in [4.78, 5) is 36.3. The monoisotopic (exact) mass is 333 g/mol. The number of nitro benzene ring substituents is 1. The maximum Gasteiger partial charge on any atom is 0.270 e. The number of thiophene rings is 1. The van der Waals surface area contributed by atoms with Crippen LogP contribution >= 0.6 is 11.3 Å². The number of nitrogens with zero attached hydrogens (tertiary/aromatic N) is 2. The second-order valence-corrected chi connectivity index (χ2v) is 6.68. The molecule has 1 aliphatic carbocycles. The Labute approximate surface area is 136 Å². The van der Waals surface area contributed by atoms with Crippen LogP contribution in [0.5, 0.6) is 0 Å². The highest BCUT2D eigenvalue weighted by atomic mass is 32.1. The highest BCUT2D eigenvalue weighted by Crippen LogP contribution is 2.29. The lowest BCUT2D eigenvalue weighted by molar-refractivity contribution is -0.384. The largest absolute Gasteiger partial charge is 0.352 e. The van der Waals surface area contributed by atoms with Gasteiger partial charge in [-0.2, -0.15) is 0 Å². The van der Waals surface area contributed by atoms with E-state index in [0.717, 1.165) is 17.5 Å². The number of nitro groups is 1. The fraction of sp³-hybridized carbons (Fsp3) is 0.333. The molecule has 1 N–H and O–H groups in total. The van der Waals surface area contributed by atoms with Crippen molar-refractivity contribution in [2.75, 3.05) is 13.6 Å². The Hall–Kier alpha value is -2.48. The van der Waals surface area contributed by atoms with Crippen molar-refractivity contribution in [2.24, 2.45) is 0 Å². The van der Waals surface area contributed by atoms with Crippen molar-refractivity contribution in [2.45, 2.75) is 18.9 Å². The summed E-state index contributed by atoms with van der Waals surface area (Å²) in [6, 6.07) is 6.39. The van der Waals surface area contributed by atoms with E-state index in [9.17, 15) is 19.7 Å². The first-order chi connectivity index (χ1) is 10.9. The van der Waals surface area contributed by atoms with Gasteiger partial charge in [-0.05, 0) is 25.0 Å². The lowest BCUT2D eigenvalue weighted by Gasteiger charge is -2.15. The van der Waals surface area contributed by atoms with Gasteiger partial charge in [-0.1, -0.05) is 0 Å². The third-order valence-corrected chi connectivity index (χ3v) is 4.70. The van der Waals surface area contributed by atoms with Crippen molar-refractivity contribution in [3.63, 3.8) is 0 Å². The summed E-state index contributed by atoms with van der Waals surface area (Å²) in [7, 11) is 1.57. The third-order valence-electron chi connectivity index (χ3n) is 3.59. The van der Waals surface area contributed by atoms with Crippen LogP contribution in [0.1, 0.15) is 22.5 Å². The molecule has 23 heavy (non-hydrogen) atoms. The predicted molar refractivity (Wildman–Crippen MR) is 86.6 cm³/mol. The standard InChI is InChI=1S/C15H15N3O4S/c1-17(8-14(19)16-10-2-3-10)15(20)13-7-9-6-11(18(21)22)4-5-12(9)23-13/h4-7,10H,2-3,8H2,1H3,(H,16,19). The summed E-state index contributed by atoms with van der Waals surface area (Å²) >= 11 is 1.26. The van der Waals surface area contributed by atoms with E-state index in [1.807, 2.05) is 0 Å². The Morgan fingerprint density at radius 3 is 2.78 bits per heavy atom. The molecule has 0 atom stereocenters. The molecular formula is C15H15N3O4S. The van der Waals surface area contributed by atoms with E-state index < -0.39 is 4.92 Å². The average Bonchev–Trinajstić information content (AvgIpc) is 3.20. The zero-order valence-corrected chi connectivity index (χ0v) is 13.3. The fourth-order valence-electron chi connectivity index (χ4n) is 2.23. The van der Waals surface area contributed by atoms with Crippen LogP contribution in [0.3, 0.4) is 0 Å². The minimum atomic E-state index is -0.465. The highest BCUT2D eigenvalue weighted by molar-refractivity contribution is 7.20. The maximum absolute atomic E-state index is 12.4. The molecule has 0 aliphatic heterocycles. The van der Waals surface area contributed by atoms with Gasteiger partial charge in [0.05, 0.1) is 16.3 Å². The molecule has 7 nitrogen and oxygen atoms in total. The molecule has 0 bridgehead atoms. The Balaban J connectivity index is 1.74. The Bertz CT molecular complexity index is 797. The van der Waals surface area contributed by atoms with E-state index in [4.69, 9.17) is 0 Å². The predicted octanol–water partition coefficient (Wildman–Crippen LogP) is 2.16. The number of likely N-dealkylation sites (N-methyl/N-ethyl adjacent to an activating group) is 1. The van der Waals surface area contributed by atoms with Crippen LogP contribution in [-0.2, 0) is 4.79 Å². The van der Waals surface area contributed by atoms with Gasteiger partial charge in [-0.15, -0.1) is 11.3 Å². The molecule has 2 aromatic rings. The van der Waals surface area contributed by atoms with Crippen molar-refractivity contribution in [1.82, 2.24) is 10.2 Å². The lowest BCUT2D eigenvalue weighted by Crippen LogP contribution is -2.38. The second-order valence-electron chi connectivity index (χ2n) is 5.59. The molecule has 2 amide bonds. The van der Waals surface area contributed by atoms with E-state index >= 15 is 0 Å². The number of nitrogens with one attached hydrogen (secondary N) is 1. The molecule has 3 rings (SSSR count). The number of hydrogen-bond acceptors (Lipinski definition) is 5. The highest BCUT2D eigenvalue weighted by Gasteiger charge is 2.25. The van der Waals surface area contributed by atoms with Crippen LogP contribution in [0.15, 0.2) is 24.3 Å².